The van der Waals surface area contributed by atoms with Gasteiger partial charge in [0.15, 0.2) is 0 Å². The first-order chi connectivity index (χ1) is 5.98. The minimum atomic E-state index is 0.0405. The molecule has 0 radical (unpaired) electrons. The fourth-order valence-corrected chi connectivity index (χ4v) is 1.15. The van der Waals surface area contributed by atoms with Gasteiger partial charge in [0.05, 0.1) is 6.61 Å². The molecule has 0 bridgehead atoms. The zero-order valence-electron chi connectivity index (χ0n) is 9.35. The second-order valence-corrected chi connectivity index (χ2v) is 4.49. The molecule has 0 atom stereocenters. The maximum atomic E-state index is 5.43. The smallest absolute Gasteiger partial charge is 0.146 e. The lowest BCUT2D eigenvalue weighted by molar-refractivity contribution is 0.0865. The van der Waals surface area contributed by atoms with Crippen molar-refractivity contribution in [3.63, 3.8) is 0 Å². The summed E-state index contributed by atoms with van der Waals surface area (Å²) < 4.78 is 10.8. The number of hydrogen-bond acceptors (Lipinski definition) is 2. The number of ether oxygens (including phenoxy) is 1. The summed E-state index contributed by atoms with van der Waals surface area (Å²) in [5, 5.41) is 0. The van der Waals surface area contributed by atoms with Gasteiger partial charge in [-0.25, -0.2) is 0 Å². The quantitative estimate of drug-likeness (QED) is 0.353. The second-order valence-electron chi connectivity index (χ2n) is 4.08. The topological polar surface area (TPSA) is 18.5 Å². The molecule has 13 heavy (non-hydrogen) atoms. The highest BCUT2D eigenvalue weighted by atomic mass is 28.2. The summed E-state index contributed by atoms with van der Waals surface area (Å²) in [6.07, 6.45) is 2.12. The highest BCUT2D eigenvalue weighted by molar-refractivity contribution is 5.98. The summed E-state index contributed by atoms with van der Waals surface area (Å²) in [5.41, 5.74) is 1.12. The lowest BCUT2D eigenvalue weighted by atomic mass is 10.0. The summed E-state index contributed by atoms with van der Waals surface area (Å²) in [6, 6.07) is 0. The van der Waals surface area contributed by atoms with Crippen LogP contribution in [0.25, 0.3) is 0 Å². The van der Waals surface area contributed by atoms with Gasteiger partial charge in [-0.15, -0.1) is 0 Å². The van der Waals surface area contributed by atoms with Crippen molar-refractivity contribution in [1.82, 2.24) is 0 Å². The van der Waals surface area contributed by atoms with Crippen molar-refractivity contribution in [3.8, 4) is 0 Å². The lowest BCUT2D eigenvalue weighted by Gasteiger charge is -2.23. The third kappa shape index (κ3) is 8.21. The van der Waals surface area contributed by atoms with Crippen molar-refractivity contribution in [2.45, 2.75) is 39.2 Å². The fraction of sp³-hybridized carbons (Fsp3) is 0.800. The number of rotatable bonds is 7. The Labute approximate surface area is 84.9 Å². The van der Waals surface area contributed by atoms with Crippen LogP contribution in [-0.2, 0) is 9.16 Å². The predicted molar refractivity (Wildman–Crippen MR) is 60.0 cm³/mol. The van der Waals surface area contributed by atoms with Gasteiger partial charge in [0, 0.05) is 12.2 Å². The molecule has 0 fully saturated rings. The van der Waals surface area contributed by atoms with Crippen molar-refractivity contribution >= 4 is 10.5 Å². The highest BCUT2D eigenvalue weighted by Gasteiger charge is 2.14. The Kier molecular flexibility index (Phi) is 6.29. The van der Waals surface area contributed by atoms with Crippen molar-refractivity contribution in [3.05, 3.63) is 12.2 Å². The first-order valence-electron chi connectivity index (χ1n) is 4.75. The third-order valence-electron chi connectivity index (χ3n) is 1.97. The average molecular weight is 202 g/mol. The van der Waals surface area contributed by atoms with E-state index in [1.54, 1.807) is 0 Å². The average Bonchev–Trinajstić information content (AvgIpc) is 2.03. The standard InChI is InChI=1S/C10H22O2Si/c1-9(2)8-11-7-5-6-10(3,4)12-13/h1,5-8H2,2-4,13H3. The van der Waals surface area contributed by atoms with Gasteiger partial charge in [-0.3, -0.25) is 0 Å². The fourth-order valence-electron chi connectivity index (χ4n) is 0.948. The minimum Gasteiger partial charge on any atom is -0.423 e. The van der Waals surface area contributed by atoms with Crippen LogP contribution >= 0.6 is 0 Å². The normalized spacial score (nSPS) is 11.9. The molecule has 0 N–H and O–H groups in total. The minimum absolute atomic E-state index is 0.0405. The lowest BCUT2D eigenvalue weighted by Crippen LogP contribution is -2.23. The van der Waals surface area contributed by atoms with Crippen molar-refractivity contribution in [2.24, 2.45) is 0 Å². The van der Waals surface area contributed by atoms with E-state index >= 15 is 0 Å². The molecule has 0 spiro atoms. The number of hydrogen-bond donors (Lipinski definition) is 0. The first-order valence-corrected chi connectivity index (χ1v) is 5.57. The summed E-state index contributed by atoms with van der Waals surface area (Å²) in [7, 11) is 0.809. The molecule has 3 heteroatoms. The molecule has 78 valence electrons. The van der Waals surface area contributed by atoms with Crippen LogP contribution in [0.5, 0.6) is 0 Å². The van der Waals surface area contributed by atoms with E-state index < -0.39 is 0 Å². The van der Waals surface area contributed by atoms with Gasteiger partial charge in [0.1, 0.15) is 10.5 Å². The van der Waals surface area contributed by atoms with Crippen molar-refractivity contribution < 1.29 is 9.16 Å². The van der Waals surface area contributed by atoms with Gasteiger partial charge in [-0.2, -0.15) is 0 Å². The molecule has 0 aliphatic heterocycles. The molecule has 0 aromatic heterocycles. The highest BCUT2D eigenvalue weighted by Crippen LogP contribution is 2.14. The molecule has 2 nitrogen and oxygen atoms in total. The molecule has 0 rings (SSSR count). The largest absolute Gasteiger partial charge is 0.423 e. The molecular weight excluding hydrogens is 180 g/mol. The van der Waals surface area contributed by atoms with E-state index in [0.717, 1.165) is 35.5 Å². The van der Waals surface area contributed by atoms with Crippen LogP contribution in [0.3, 0.4) is 0 Å². The monoisotopic (exact) mass is 202 g/mol. The van der Waals surface area contributed by atoms with Gasteiger partial charge in [0.25, 0.3) is 0 Å². The SMILES string of the molecule is C=C(C)COCCCC(C)(C)O[SiH3]. The van der Waals surface area contributed by atoms with Crippen LogP contribution in [0.4, 0.5) is 0 Å². The van der Waals surface area contributed by atoms with Crippen LogP contribution in [0.1, 0.15) is 33.6 Å². The van der Waals surface area contributed by atoms with Crippen LogP contribution in [0.2, 0.25) is 0 Å². The molecule has 0 unspecified atom stereocenters. The van der Waals surface area contributed by atoms with Gasteiger partial charge in [0.2, 0.25) is 0 Å². The van der Waals surface area contributed by atoms with Crippen LogP contribution in [0.15, 0.2) is 12.2 Å². The summed E-state index contributed by atoms with van der Waals surface area (Å²) in [6.45, 7) is 11.5. The Bertz CT molecular complexity index is 155. The Hall–Kier alpha value is -0.123. The van der Waals surface area contributed by atoms with Crippen LogP contribution in [-0.4, -0.2) is 29.3 Å². The van der Waals surface area contributed by atoms with Crippen molar-refractivity contribution in [2.75, 3.05) is 13.2 Å². The molecule has 0 amide bonds. The van der Waals surface area contributed by atoms with Gasteiger partial charge in [-0.05, 0) is 33.6 Å². The summed E-state index contributed by atoms with van der Waals surface area (Å²) in [5.74, 6) is 0. The van der Waals surface area contributed by atoms with E-state index in [1.807, 2.05) is 6.92 Å². The molecule has 0 aromatic rings. The second kappa shape index (κ2) is 6.35. The van der Waals surface area contributed by atoms with E-state index in [4.69, 9.17) is 9.16 Å². The third-order valence-corrected chi connectivity index (χ3v) is 3.07. The van der Waals surface area contributed by atoms with E-state index in [-0.39, 0.29) is 5.60 Å². The van der Waals surface area contributed by atoms with Gasteiger partial charge in [-0.1, -0.05) is 12.2 Å². The van der Waals surface area contributed by atoms with Crippen LogP contribution < -0.4 is 0 Å². The maximum absolute atomic E-state index is 5.43. The van der Waals surface area contributed by atoms with E-state index in [9.17, 15) is 0 Å². The van der Waals surface area contributed by atoms with E-state index in [1.165, 1.54) is 0 Å². The first kappa shape index (κ1) is 12.9. The van der Waals surface area contributed by atoms with Gasteiger partial charge < -0.3 is 9.16 Å². The molecule has 0 aliphatic rings. The Balaban J connectivity index is 3.30. The van der Waals surface area contributed by atoms with Gasteiger partial charge >= 0.3 is 0 Å². The Morgan fingerprint density at radius 3 is 2.54 bits per heavy atom. The zero-order valence-corrected chi connectivity index (χ0v) is 11.4. The molecule has 0 aromatic carbocycles. The molecule has 0 heterocycles. The zero-order chi connectivity index (χ0) is 10.3. The summed E-state index contributed by atoms with van der Waals surface area (Å²) >= 11 is 0. The molecule has 0 saturated heterocycles. The molecule has 0 aliphatic carbocycles. The van der Waals surface area contributed by atoms with Crippen molar-refractivity contribution in [1.29, 1.82) is 0 Å². The molecule has 0 saturated carbocycles. The molecular formula is C10H22O2Si. The Morgan fingerprint density at radius 2 is 2.08 bits per heavy atom. The summed E-state index contributed by atoms with van der Waals surface area (Å²) in [4.78, 5) is 0. The van der Waals surface area contributed by atoms with E-state index in [2.05, 4.69) is 20.4 Å². The Morgan fingerprint density at radius 1 is 1.46 bits per heavy atom. The van der Waals surface area contributed by atoms with Crippen LogP contribution in [0, 0.1) is 0 Å². The maximum Gasteiger partial charge on any atom is 0.146 e. The van der Waals surface area contributed by atoms with E-state index in [0.29, 0.717) is 6.61 Å². The predicted octanol–water partition coefficient (Wildman–Crippen LogP) is 1.43.